The molecular formula is C20H33N3O3. The quantitative estimate of drug-likeness (QED) is 0.461. The van der Waals surface area contributed by atoms with Crippen LogP contribution in [0.15, 0.2) is 23.2 Å². The van der Waals surface area contributed by atoms with Crippen LogP contribution in [-0.4, -0.2) is 57.6 Å². The first kappa shape index (κ1) is 20.5. The number of nitrogens with zero attached hydrogens (tertiary/aromatic N) is 1. The summed E-state index contributed by atoms with van der Waals surface area (Å²) < 4.78 is 11.0. The molecule has 1 unspecified atom stereocenters. The lowest BCUT2D eigenvalue weighted by Crippen LogP contribution is -2.39. The zero-order valence-electron chi connectivity index (χ0n) is 16.3. The number of nitrogens with one attached hydrogen (secondary N) is 2. The zero-order valence-corrected chi connectivity index (χ0v) is 16.3. The third-order valence-corrected chi connectivity index (χ3v) is 4.87. The number of hydrogen-bond donors (Lipinski definition) is 3. The summed E-state index contributed by atoms with van der Waals surface area (Å²) in [6.07, 6.45) is 2.55. The van der Waals surface area contributed by atoms with Gasteiger partial charge in [-0.1, -0.05) is 17.7 Å². The minimum absolute atomic E-state index is 0.0309. The topological polar surface area (TPSA) is 75.1 Å². The van der Waals surface area contributed by atoms with E-state index in [1.807, 2.05) is 6.07 Å². The predicted octanol–water partition coefficient (Wildman–Crippen LogP) is 1.89. The van der Waals surface area contributed by atoms with Crippen molar-refractivity contribution >= 4 is 5.96 Å². The number of aryl methyl sites for hydroxylation is 1. The Balaban J connectivity index is 1.94. The molecule has 1 atom stereocenters. The third kappa shape index (κ3) is 5.88. The van der Waals surface area contributed by atoms with Crippen molar-refractivity contribution in [3.05, 3.63) is 29.3 Å². The fraction of sp³-hybridized carbons (Fsp3) is 0.650. The summed E-state index contributed by atoms with van der Waals surface area (Å²) in [6.45, 7) is 8.00. The lowest BCUT2D eigenvalue weighted by molar-refractivity contribution is 0.131. The van der Waals surface area contributed by atoms with E-state index in [-0.39, 0.29) is 12.0 Å². The van der Waals surface area contributed by atoms with Crippen LogP contribution in [0.1, 0.15) is 30.9 Å². The molecule has 0 bridgehead atoms. The first-order valence-corrected chi connectivity index (χ1v) is 9.47. The van der Waals surface area contributed by atoms with Crippen LogP contribution < -0.4 is 15.4 Å². The van der Waals surface area contributed by atoms with E-state index in [0.29, 0.717) is 13.2 Å². The Labute approximate surface area is 157 Å². The molecule has 0 spiro atoms. The number of guanidine groups is 1. The van der Waals surface area contributed by atoms with Crippen LogP contribution in [0.2, 0.25) is 0 Å². The van der Waals surface area contributed by atoms with E-state index >= 15 is 0 Å². The number of aliphatic hydroxyl groups excluding tert-OH is 1. The van der Waals surface area contributed by atoms with Gasteiger partial charge in [-0.2, -0.15) is 0 Å². The Morgan fingerprint density at radius 3 is 2.88 bits per heavy atom. The van der Waals surface area contributed by atoms with Gasteiger partial charge in [0.15, 0.2) is 5.96 Å². The standard InChI is InChI=1S/C20H33N3O3/c1-4-21-19(23-14-20(8-11-24)9-12-26-15-20)22-10-7-17-13-16(2)5-6-18(17)25-3/h5-6,13,24H,4,7-12,14-15H2,1-3H3,(H2,21,22,23). The van der Waals surface area contributed by atoms with Crippen molar-refractivity contribution in [2.24, 2.45) is 10.4 Å². The van der Waals surface area contributed by atoms with E-state index in [4.69, 9.17) is 14.5 Å². The maximum atomic E-state index is 9.35. The first-order chi connectivity index (χ1) is 12.6. The van der Waals surface area contributed by atoms with E-state index in [9.17, 15) is 5.11 Å². The average molecular weight is 364 g/mol. The molecule has 0 aliphatic carbocycles. The van der Waals surface area contributed by atoms with Gasteiger partial charge in [-0.05, 0) is 44.7 Å². The summed E-state index contributed by atoms with van der Waals surface area (Å²) >= 11 is 0. The highest BCUT2D eigenvalue weighted by atomic mass is 16.5. The minimum Gasteiger partial charge on any atom is -0.496 e. The van der Waals surface area contributed by atoms with Crippen LogP contribution >= 0.6 is 0 Å². The van der Waals surface area contributed by atoms with Crippen molar-refractivity contribution in [3.8, 4) is 5.75 Å². The number of benzene rings is 1. The van der Waals surface area contributed by atoms with Gasteiger partial charge in [0.1, 0.15) is 5.75 Å². The number of rotatable bonds is 9. The van der Waals surface area contributed by atoms with E-state index in [0.717, 1.165) is 50.7 Å². The molecule has 2 rings (SSSR count). The number of hydrogen-bond acceptors (Lipinski definition) is 4. The average Bonchev–Trinajstić information content (AvgIpc) is 3.09. The highest BCUT2D eigenvalue weighted by Crippen LogP contribution is 2.32. The second kappa shape index (κ2) is 10.4. The molecule has 0 amide bonds. The number of methoxy groups -OCH3 is 1. The second-order valence-electron chi connectivity index (χ2n) is 6.96. The fourth-order valence-corrected chi connectivity index (χ4v) is 3.29. The smallest absolute Gasteiger partial charge is 0.191 e. The van der Waals surface area contributed by atoms with Gasteiger partial charge in [0.2, 0.25) is 0 Å². The van der Waals surface area contributed by atoms with Gasteiger partial charge in [0.05, 0.1) is 20.3 Å². The Kier molecular flexibility index (Phi) is 8.19. The largest absolute Gasteiger partial charge is 0.496 e. The van der Waals surface area contributed by atoms with Crippen molar-refractivity contribution in [1.82, 2.24) is 10.6 Å². The van der Waals surface area contributed by atoms with Crippen molar-refractivity contribution in [3.63, 3.8) is 0 Å². The molecule has 3 N–H and O–H groups in total. The SMILES string of the molecule is CCNC(=NCC1(CCO)CCOC1)NCCc1cc(C)ccc1OC. The molecule has 0 aromatic heterocycles. The highest BCUT2D eigenvalue weighted by Gasteiger charge is 2.34. The molecule has 1 aliphatic rings. The summed E-state index contributed by atoms with van der Waals surface area (Å²) in [4.78, 5) is 4.75. The molecular weight excluding hydrogens is 330 g/mol. The van der Waals surface area contributed by atoms with Crippen LogP contribution in [0.25, 0.3) is 0 Å². The molecule has 146 valence electrons. The van der Waals surface area contributed by atoms with Gasteiger partial charge in [-0.3, -0.25) is 4.99 Å². The van der Waals surface area contributed by atoms with Gasteiger partial charge in [0, 0.05) is 31.7 Å². The molecule has 1 saturated heterocycles. The van der Waals surface area contributed by atoms with Gasteiger partial charge in [-0.15, -0.1) is 0 Å². The maximum absolute atomic E-state index is 9.35. The van der Waals surface area contributed by atoms with Crippen molar-refractivity contribution in [1.29, 1.82) is 0 Å². The van der Waals surface area contributed by atoms with E-state index in [1.165, 1.54) is 11.1 Å². The van der Waals surface area contributed by atoms with Crippen LogP contribution in [0.5, 0.6) is 5.75 Å². The highest BCUT2D eigenvalue weighted by molar-refractivity contribution is 5.79. The number of ether oxygens (including phenoxy) is 2. The third-order valence-electron chi connectivity index (χ3n) is 4.87. The number of aliphatic imine (C=N–C) groups is 1. The molecule has 1 aromatic carbocycles. The summed E-state index contributed by atoms with van der Waals surface area (Å²) in [5.74, 6) is 1.73. The Morgan fingerprint density at radius 2 is 2.23 bits per heavy atom. The fourth-order valence-electron chi connectivity index (χ4n) is 3.29. The molecule has 1 aromatic rings. The molecule has 1 fully saturated rings. The van der Waals surface area contributed by atoms with E-state index < -0.39 is 0 Å². The molecule has 6 nitrogen and oxygen atoms in total. The predicted molar refractivity (Wildman–Crippen MR) is 105 cm³/mol. The maximum Gasteiger partial charge on any atom is 0.191 e. The van der Waals surface area contributed by atoms with Crippen LogP contribution in [0.3, 0.4) is 0 Å². The van der Waals surface area contributed by atoms with Crippen LogP contribution in [-0.2, 0) is 11.2 Å². The van der Waals surface area contributed by atoms with Gasteiger partial charge >= 0.3 is 0 Å². The molecule has 6 heteroatoms. The Morgan fingerprint density at radius 1 is 1.38 bits per heavy atom. The van der Waals surface area contributed by atoms with E-state index in [2.05, 4.69) is 36.6 Å². The van der Waals surface area contributed by atoms with Crippen molar-refractivity contribution < 1.29 is 14.6 Å². The minimum atomic E-state index is -0.0309. The van der Waals surface area contributed by atoms with Crippen molar-refractivity contribution in [2.45, 2.75) is 33.1 Å². The molecule has 0 saturated carbocycles. The number of aliphatic hydroxyl groups is 1. The monoisotopic (exact) mass is 363 g/mol. The molecule has 26 heavy (non-hydrogen) atoms. The van der Waals surface area contributed by atoms with Crippen LogP contribution in [0.4, 0.5) is 0 Å². The summed E-state index contributed by atoms with van der Waals surface area (Å²) in [5.41, 5.74) is 2.39. The van der Waals surface area contributed by atoms with Crippen LogP contribution in [0, 0.1) is 12.3 Å². The van der Waals surface area contributed by atoms with Gasteiger partial charge in [-0.25, -0.2) is 0 Å². The molecule has 1 heterocycles. The van der Waals surface area contributed by atoms with E-state index in [1.54, 1.807) is 7.11 Å². The normalized spacial score (nSPS) is 20.2. The Bertz CT molecular complexity index is 584. The molecule has 1 aliphatic heterocycles. The molecule has 0 radical (unpaired) electrons. The summed E-state index contributed by atoms with van der Waals surface area (Å²) in [5, 5.41) is 16.1. The van der Waals surface area contributed by atoms with Gasteiger partial charge in [0.25, 0.3) is 0 Å². The zero-order chi connectivity index (χ0) is 18.8. The summed E-state index contributed by atoms with van der Waals surface area (Å²) in [6, 6.07) is 6.24. The van der Waals surface area contributed by atoms with Crippen molar-refractivity contribution in [2.75, 3.05) is 46.6 Å². The van der Waals surface area contributed by atoms with Gasteiger partial charge < -0.3 is 25.2 Å². The lowest BCUT2D eigenvalue weighted by atomic mass is 9.84. The first-order valence-electron chi connectivity index (χ1n) is 9.47. The lowest BCUT2D eigenvalue weighted by Gasteiger charge is -2.24. The Hall–Kier alpha value is -1.79. The summed E-state index contributed by atoms with van der Waals surface area (Å²) in [7, 11) is 1.71. The second-order valence-corrected chi connectivity index (χ2v) is 6.96.